The van der Waals surface area contributed by atoms with Gasteiger partial charge < -0.3 is 9.47 Å². The van der Waals surface area contributed by atoms with Crippen molar-refractivity contribution in [2.24, 2.45) is 5.92 Å². The molecule has 1 unspecified atom stereocenters. The van der Waals surface area contributed by atoms with Crippen molar-refractivity contribution >= 4 is 15.9 Å². The van der Waals surface area contributed by atoms with Gasteiger partial charge in [-0.05, 0) is 30.5 Å². The van der Waals surface area contributed by atoms with Crippen LogP contribution in [-0.2, 0) is 4.74 Å². The highest BCUT2D eigenvalue weighted by Crippen LogP contribution is 2.17. The third-order valence-corrected chi connectivity index (χ3v) is 2.97. The molecule has 0 aromatic heterocycles. The molecule has 1 rings (SSSR count). The lowest BCUT2D eigenvalue weighted by atomic mass is 10.1. The molecule has 0 N–H and O–H groups in total. The van der Waals surface area contributed by atoms with Gasteiger partial charge in [0.25, 0.3) is 0 Å². The Hall–Kier alpha value is -0.540. The summed E-state index contributed by atoms with van der Waals surface area (Å²) in [4.78, 5) is 0. The summed E-state index contributed by atoms with van der Waals surface area (Å²) in [6, 6.07) is 7.85. The van der Waals surface area contributed by atoms with E-state index in [1.54, 1.807) is 0 Å². The maximum Gasteiger partial charge on any atom is 0.120 e. The van der Waals surface area contributed by atoms with E-state index in [4.69, 9.17) is 9.47 Å². The molecule has 3 heteroatoms. The van der Waals surface area contributed by atoms with E-state index in [-0.39, 0.29) is 0 Å². The first kappa shape index (κ1) is 14.5. The Morgan fingerprint density at radius 2 is 2.12 bits per heavy atom. The van der Waals surface area contributed by atoms with Crippen LogP contribution in [0.5, 0.6) is 5.75 Å². The van der Waals surface area contributed by atoms with Crippen molar-refractivity contribution in [3.63, 3.8) is 0 Å². The molecular formula is C14H21BrO2. The molecule has 2 nitrogen and oxygen atoms in total. The second-order valence-electron chi connectivity index (χ2n) is 4.27. The Morgan fingerprint density at radius 1 is 1.29 bits per heavy atom. The average molecular weight is 301 g/mol. The smallest absolute Gasteiger partial charge is 0.120 e. The van der Waals surface area contributed by atoms with Crippen LogP contribution in [0.2, 0.25) is 0 Å². The minimum atomic E-state index is 0.606. The van der Waals surface area contributed by atoms with Gasteiger partial charge >= 0.3 is 0 Å². The Balaban J connectivity index is 2.08. The first-order chi connectivity index (χ1) is 8.22. The minimum Gasteiger partial charge on any atom is -0.491 e. The van der Waals surface area contributed by atoms with Gasteiger partial charge in [-0.1, -0.05) is 42.3 Å². The van der Waals surface area contributed by atoms with E-state index in [1.165, 1.54) is 12.8 Å². The van der Waals surface area contributed by atoms with Crippen LogP contribution in [0.25, 0.3) is 0 Å². The van der Waals surface area contributed by atoms with E-state index in [2.05, 4.69) is 29.8 Å². The summed E-state index contributed by atoms with van der Waals surface area (Å²) in [5.74, 6) is 1.52. The monoisotopic (exact) mass is 300 g/mol. The molecule has 0 amide bonds. The van der Waals surface area contributed by atoms with Crippen molar-refractivity contribution < 1.29 is 9.47 Å². The number of hydrogen-bond donors (Lipinski definition) is 0. The third-order valence-electron chi connectivity index (χ3n) is 2.48. The van der Waals surface area contributed by atoms with Gasteiger partial charge in [0, 0.05) is 11.1 Å². The van der Waals surface area contributed by atoms with Crippen LogP contribution < -0.4 is 4.74 Å². The second-order valence-corrected chi connectivity index (χ2v) is 5.19. The van der Waals surface area contributed by atoms with Gasteiger partial charge in [0.05, 0.1) is 6.61 Å². The molecule has 1 aromatic carbocycles. The van der Waals surface area contributed by atoms with Crippen LogP contribution >= 0.6 is 15.9 Å². The molecule has 17 heavy (non-hydrogen) atoms. The lowest BCUT2D eigenvalue weighted by Gasteiger charge is -2.11. The maximum atomic E-state index is 5.57. The van der Waals surface area contributed by atoms with E-state index in [9.17, 15) is 0 Å². The fraction of sp³-hybridized carbons (Fsp3) is 0.571. The summed E-state index contributed by atoms with van der Waals surface area (Å²) in [6.07, 6.45) is 2.45. The summed E-state index contributed by atoms with van der Waals surface area (Å²) in [6.45, 7) is 6.51. The van der Waals surface area contributed by atoms with E-state index in [1.807, 2.05) is 24.3 Å². The number of benzene rings is 1. The van der Waals surface area contributed by atoms with E-state index < -0.39 is 0 Å². The zero-order valence-corrected chi connectivity index (χ0v) is 12.2. The van der Waals surface area contributed by atoms with Crippen molar-refractivity contribution in [2.45, 2.75) is 26.7 Å². The molecule has 0 bridgehead atoms. The predicted octanol–water partition coefficient (Wildman–Crippen LogP) is 4.28. The number of hydrogen-bond acceptors (Lipinski definition) is 2. The predicted molar refractivity (Wildman–Crippen MR) is 74.5 cm³/mol. The van der Waals surface area contributed by atoms with E-state index in [0.29, 0.717) is 19.1 Å². The summed E-state index contributed by atoms with van der Waals surface area (Å²) < 4.78 is 12.2. The van der Waals surface area contributed by atoms with Crippen molar-refractivity contribution in [3.05, 3.63) is 28.7 Å². The Kier molecular flexibility index (Phi) is 7.29. The molecule has 0 spiro atoms. The lowest BCUT2D eigenvalue weighted by Crippen LogP contribution is -2.11. The van der Waals surface area contributed by atoms with Crippen LogP contribution in [0, 0.1) is 5.92 Å². The highest BCUT2D eigenvalue weighted by atomic mass is 79.9. The van der Waals surface area contributed by atoms with Gasteiger partial charge in [0.15, 0.2) is 0 Å². The Morgan fingerprint density at radius 3 is 2.82 bits per heavy atom. The van der Waals surface area contributed by atoms with Gasteiger partial charge in [-0.25, -0.2) is 0 Å². The van der Waals surface area contributed by atoms with E-state index in [0.717, 1.165) is 16.8 Å². The fourth-order valence-corrected chi connectivity index (χ4v) is 2.01. The number of ether oxygens (including phenoxy) is 2. The van der Waals surface area contributed by atoms with Gasteiger partial charge in [-0.3, -0.25) is 0 Å². The molecule has 0 radical (unpaired) electrons. The van der Waals surface area contributed by atoms with Crippen LogP contribution in [0.4, 0.5) is 0 Å². The summed E-state index contributed by atoms with van der Waals surface area (Å²) >= 11 is 3.41. The molecule has 1 aromatic rings. The first-order valence-electron chi connectivity index (χ1n) is 6.18. The lowest BCUT2D eigenvalue weighted by molar-refractivity contribution is 0.0758. The van der Waals surface area contributed by atoms with Gasteiger partial charge in [-0.2, -0.15) is 0 Å². The van der Waals surface area contributed by atoms with Crippen molar-refractivity contribution in [1.29, 1.82) is 0 Å². The highest BCUT2D eigenvalue weighted by Gasteiger charge is 2.00. The fourth-order valence-electron chi connectivity index (χ4n) is 1.64. The van der Waals surface area contributed by atoms with Gasteiger partial charge in [0.2, 0.25) is 0 Å². The molecule has 0 heterocycles. The quantitative estimate of drug-likeness (QED) is 0.667. The number of halogens is 1. The third kappa shape index (κ3) is 6.69. The SMILES string of the molecule is CCCC(C)COCCOc1cccc(Br)c1. The summed E-state index contributed by atoms with van der Waals surface area (Å²) in [7, 11) is 0. The molecule has 1 atom stereocenters. The molecule has 96 valence electrons. The van der Waals surface area contributed by atoms with Crippen molar-refractivity contribution in [1.82, 2.24) is 0 Å². The van der Waals surface area contributed by atoms with Crippen LogP contribution in [0.3, 0.4) is 0 Å². The normalized spacial score (nSPS) is 12.4. The van der Waals surface area contributed by atoms with E-state index >= 15 is 0 Å². The first-order valence-corrected chi connectivity index (χ1v) is 6.97. The van der Waals surface area contributed by atoms with Crippen LogP contribution in [-0.4, -0.2) is 19.8 Å². The molecule has 0 fully saturated rings. The zero-order valence-electron chi connectivity index (χ0n) is 10.6. The molecule has 0 saturated heterocycles. The average Bonchev–Trinajstić information content (AvgIpc) is 2.29. The highest BCUT2D eigenvalue weighted by molar-refractivity contribution is 9.10. The summed E-state index contributed by atoms with van der Waals surface area (Å²) in [5, 5.41) is 0. The van der Waals surface area contributed by atoms with Gasteiger partial charge in [0.1, 0.15) is 12.4 Å². The Bertz CT molecular complexity index is 315. The topological polar surface area (TPSA) is 18.5 Å². The number of rotatable bonds is 8. The molecule has 0 saturated carbocycles. The van der Waals surface area contributed by atoms with Crippen molar-refractivity contribution in [3.8, 4) is 5.75 Å². The molecule has 0 aliphatic carbocycles. The van der Waals surface area contributed by atoms with Gasteiger partial charge in [-0.15, -0.1) is 0 Å². The van der Waals surface area contributed by atoms with Crippen molar-refractivity contribution in [2.75, 3.05) is 19.8 Å². The molecular weight excluding hydrogens is 280 g/mol. The Labute approximate surface area is 112 Å². The van der Waals surface area contributed by atoms with Crippen LogP contribution in [0.1, 0.15) is 26.7 Å². The maximum absolute atomic E-state index is 5.57. The molecule has 0 aliphatic rings. The zero-order chi connectivity index (χ0) is 12.5. The second kappa shape index (κ2) is 8.54. The largest absolute Gasteiger partial charge is 0.491 e. The molecule has 0 aliphatic heterocycles. The minimum absolute atomic E-state index is 0.606. The summed E-state index contributed by atoms with van der Waals surface area (Å²) in [5.41, 5.74) is 0. The van der Waals surface area contributed by atoms with Crippen LogP contribution in [0.15, 0.2) is 28.7 Å². The standard InChI is InChI=1S/C14H21BrO2/c1-3-5-12(2)11-16-8-9-17-14-7-4-6-13(15)10-14/h4,6-7,10,12H,3,5,8-9,11H2,1-2H3.